The Kier molecular flexibility index (Phi) is 8.57. The van der Waals surface area contributed by atoms with Gasteiger partial charge < -0.3 is 14.4 Å². The van der Waals surface area contributed by atoms with E-state index in [2.05, 4.69) is 53.9 Å². The SMILES string of the molecule is [2H]C(C)(C)c1cc(-c2[c-]cccc2)ncc1[Si](C)(C)C.[2H]c1nc(-c2[c-]ccc3c2oc2cc4ccccc4cc23)c([2H])c(CC(C)(C)C)c1C([2H])([2H])[2H].[Ir]. The minimum absolute atomic E-state index is 0. The number of pyridine rings is 2. The second-order valence-electron chi connectivity index (χ2n) is 14.8. The van der Waals surface area contributed by atoms with Crippen LogP contribution in [0, 0.1) is 24.4 Å². The molecule has 0 aliphatic rings. The van der Waals surface area contributed by atoms with Crippen LogP contribution in [0.2, 0.25) is 19.6 Å². The van der Waals surface area contributed by atoms with Crippen molar-refractivity contribution in [2.45, 2.75) is 73.4 Å². The molecule has 7 aromatic rings. The van der Waals surface area contributed by atoms with Crippen molar-refractivity contribution in [3.05, 3.63) is 126 Å². The molecule has 3 nitrogen and oxygen atoms in total. The van der Waals surface area contributed by atoms with Gasteiger partial charge in [-0.3, -0.25) is 0 Å². The topological polar surface area (TPSA) is 38.9 Å². The first-order valence-electron chi connectivity index (χ1n) is 19.4. The van der Waals surface area contributed by atoms with Gasteiger partial charge in [0, 0.05) is 43.3 Å². The van der Waals surface area contributed by atoms with Crippen molar-refractivity contribution in [1.82, 2.24) is 9.97 Å². The van der Waals surface area contributed by atoms with Crippen molar-refractivity contribution in [2.75, 3.05) is 0 Å². The van der Waals surface area contributed by atoms with Crippen LogP contribution in [0.1, 0.15) is 65.4 Å². The summed E-state index contributed by atoms with van der Waals surface area (Å²) in [7, 11) is -1.50. The summed E-state index contributed by atoms with van der Waals surface area (Å²) in [6.45, 7) is 14.2. The normalized spacial score (nSPS) is 14.1. The fourth-order valence-electron chi connectivity index (χ4n) is 5.96. The molecule has 0 unspecified atom stereocenters. The van der Waals surface area contributed by atoms with E-state index in [0.717, 1.165) is 38.4 Å². The first-order chi connectivity index (χ1) is 25.1. The zero-order chi connectivity index (χ0) is 39.4. The maximum absolute atomic E-state index is 8.95. The molecular formula is C44H46IrN2OSi-2. The van der Waals surface area contributed by atoms with Crippen molar-refractivity contribution >= 4 is 46.0 Å². The number of furan rings is 1. The summed E-state index contributed by atoms with van der Waals surface area (Å²) in [6, 6.07) is 32.1. The van der Waals surface area contributed by atoms with Gasteiger partial charge in [-0.2, -0.15) is 0 Å². The van der Waals surface area contributed by atoms with E-state index in [0.29, 0.717) is 28.7 Å². The Bertz CT molecular complexity index is 2490. The van der Waals surface area contributed by atoms with Crippen LogP contribution in [0.25, 0.3) is 55.2 Å². The molecule has 0 fully saturated rings. The second-order valence-corrected chi connectivity index (χ2v) is 19.9. The molecule has 0 spiro atoms. The Morgan fingerprint density at radius 2 is 1.63 bits per heavy atom. The third kappa shape index (κ3) is 8.12. The first-order valence-corrected chi connectivity index (χ1v) is 19.9. The maximum atomic E-state index is 8.95. The molecule has 3 aromatic heterocycles. The molecule has 0 saturated heterocycles. The van der Waals surface area contributed by atoms with E-state index in [-0.39, 0.29) is 49.0 Å². The molecular weight excluding hydrogens is 793 g/mol. The molecule has 7 rings (SSSR count). The number of nitrogens with zero attached hydrogens (tertiary/aromatic N) is 2. The monoisotopic (exact) mass is 845 g/mol. The summed E-state index contributed by atoms with van der Waals surface area (Å²) >= 11 is 0. The van der Waals surface area contributed by atoms with Crippen molar-refractivity contribution in [3.63, 3.8) is 0 Å². The number of hydrogen-bond acceptors (Lipinski definition) is 3. The van der Waals surface area contributed by atoms with Crippen LogP contribution in [0.4, 0.5) is 0 Å². The van der Waals surface area contributed by atoms with Crippen LogP contribution in [0.3, 0.4) is 0 Å². The van der Waals surface area contributed by atoms with E-state index >= 15 is 0 Å². The average Bonchev–Trinajstić information content (AvgIpc) is 3.45. The Morgan fingerprint density at radius 1 is 0.898 bits per heavy atom. The Morgan fingerprint density at radius 3 is 2.29 bits per heavy atom. The Balaban J connectivity index is 0.000000237. The summed E-state index contributed by atoms with van der Waals surface area (Å²) in [5.41, 5.74) is 4.79. The number of fused-ring (bicyclic) bond motifs is 4. The van der Waals surface area contributed by atoms with Gasteiger partial charge in [-0.25, -0.2) is 0 Å². The van der Waals surface area contributed by atoms with Gasteiger partial charge >= 0.3 is 0 Å². The molecule has 1 radical (unpaired) electrons. The molecule has 0 aliphatic heterocycles. The van der Waals surface area contributed by atoms with Crippen LogP contribution in [0.15, 0.2) is 102 Å². The number of hydrogen-bond donors (Lipinski definition) is 0. The minimum Gasteiger partial charge on any atom is -0.501 e. The molecule has 49 heavy (non-hydrogen) atoms. The summed E-state index contributed by atoms with van der Waals surface area (Å²) in [6.07, 6.45) is 1.98. The number of benzene rings is 4. The minimum atomic E-state index is -2.53. The standard InChI is InChI=1S/C27H24NO.C17H22NSi.Ir/c1-17-16-28-24(13-20(17)15-27(2,3)4)22-11-7-10-21-23-12-18-8-5-6-9-19(18)14-25(23)29-26(21)22;1-13(2)15-11-16(14-9-7-6-8-10-14)18-12-17(15)19(3,4)5;/h5-10,12-14,16H,15H2,1-4H3;6-9,11-13H,1-5H3;/q2*-1;/i1D3,13D,16D;13D;. The predicted molar refractivity (Wildman–Crippen MR) is 207 cm³/mol. The van der Waals surface area contributed by atoms with Gasteiger partial charge in [0.15, 0.2) is 0 Å². The molecule has 0 N–H and O–H groups in total. The van der Waals surface area contributed by atoms with Crippen LogP contribution < -0.4 is 5.19 Å². The maximum Gasteiger partial charge on any atom is 0.121 e. The zero-order valence-corrected chi connectivity index (χ0v) is 32.8. The molecule has 0 bridgehead atoms. The molecule has 4 aromatic carbocycles. The Labute approximate surface area is 315 Å². The zero-order valence-electron chi connectivity index (χ0n) is 35.4. The third-order valence-corrected chi connectivity index (χ3v) is 10.3. The smallest absolute Gasteiger partial charge is 0.121 e. The number of rotatable bonds is 5. The first kappa shape index (κ1) is 28.9. The van der Waals surface area contributed by atoms with Crippen molar-refractivity contribution in [1.29, 1.82) is 0 Å². The fourth-order valence-corrected chi connectivity index (χ4v) is 7.55. The van der Waals surface area contributed by atoms with Crippen LogP contribution >= 0.6 is 0 Å². The summed E-state index contributed by atoms with van der Waals surface area (Å²) in [5.74, 6) is -0.609. The molecule has 253 valence electrons. The molecule has 3 heterocycles. The second kappa shape index (κ2) is 14.5. The van der Waals surface area contributed by atoms with Gasteiger partial charge in [-0.15, -0.1) is 54.1 Å². The molecule has 0 saturated carbocycles. The van der Waals surface area contributed by atoms with Gasteiger partial charge in [0.05, 0.1) is 16.4 Å². The van der Waals surface area contributed by atoms with Gasteiger partial charge in [-0.05, 0) is 69.6 Å². The van der Waals surface area contributed by atoms with Gasteiger partial charge in [-0.1, -0.05) is 113 Å². The van der Waals surface area contributed by atoms with Crippen LogP contribution in [0.5, 0.6) is 0 Å². The fraction of sp³-hybridized carbons (Fsp3) is 0.273. The number of aromatic nitrogens is 2. The van der Waals surface area contributed by atoms with Gasteiger partial charge in [0.1, 0.15) is 5.58 Å². The predicted octanol–water partition coefficient (Wildman–Crippen LogP) is 11.7. The van der Waals surface area contributed by atoms with Gasteiger partial charge in [0.2, 0.25) is 0 Å². The van der Waals surface area contributed by atoms with E-state index < -0.39 is 20.8 Å². The quantitative estimate of drug-likeness (QED) is 0.128. The van der Waals surface area contributed by atoms with E-state index in [1.165, 1.54) is 5.19 Å². The molecule has 0 amide bonds. The largest absolute Gasteiger partial charge is 0.501 e. The Hall–Kier alpha value is -3.89. The summed E-state index contributed by atoms with van der Waals surface area (Å²) in [5, 5.41) is 5.23. The molecule has 5 heteroatoms. The van der Waals surface area contributed by atoms with E-state index in [1.807, 2.05) is 101 Å². The molecule has 0 atom stereocenters. The van der Waals surface area contributed by atoms with Crippen molar-refractivity contribution in [2.24, 2.45) is 5.41 Å². The van der Waals surface area contributed by atoms with Crippen molar-refractivity contribution in [3.8, 4) is 22.5 Å². The average molecular weight is 845 g/mol. The third-order valence-electron chi connectivity index (χ3n) is 8.33. The van der Waals surface area contributed by atoms with Crippen molar-refractivity contribution < 1.29 is 32.7 Å². The summed E-state index contributed by atoms with van der Waals surface area (Å²) in [4.78, 5) is 8.91. The van der Waals surface area contributed by atoms with Gasteiger partial charge in [0.25, 0.3) is 0 Å². The summed E-state index contributed by atoms with van der Waals surface area (Å²) < 4.78 is 56.0. The van der Waals surface area contributed by atoms with Crippen LogP contribution in [-0.4, -0.2) is 18.0 Å². The van der Waals surface area contributed by atoms with E-state index in [1.54, 1.807) is 6.07 Å². The molecule has 0 aliphatic carbocycles. The van der Waals surface area contributed by atoms with E-state index in [4.69, 9.17) is 12.6 Å². The van der Waals surface area contributed by atoms with E-state index in [9.17, 15) is 0 Å². The van der Waals surface area contributed by atoms with Crippen LogP contribution in [-0.2, 0) is 26.5 Å².